The molecule has 0 bridgehead atoms. The molecule has 1 unspecified atom stereocenters. The van der Waals surface area contributed by atoms with E-state index in [1.54, 1.807) is 18.2 Å². The second-order valence-electron chi connectivity index (χ2n) is 2.94. The van der Waals surface area contributed by atoms with E-state index in [0.717, 1.165) is 0 Å². The second-order valence-corrected chi connectivity index (χ2v) is 4.54. The topological polar surface area (TPSA) is 63.6 Å². The summed E-state index contributed by atoms with van der Waals surface area (Å²) < 4.78 is 27.3. The molecule has 1 aliphatic heterocycles. The van der Waals surface area contributed by atoms with Crippen LogP contribution in [0.5, 0.6) is 5.75 Å². The minimum atomic E-state index is -3.87. The highest BCUT2D eigenvalue weighted by atomic mass is 32.2. The Bertz CT molecular complexity index is 489. The minimum absolute atomic E-state index is 0.160. The minimum Gasteiger partial charge on any atom is -0.383 e. The average Bonchev–Trinajstić information content (AvgIpc) is 2.14. The summed E-state index contributed by atoms with van der Waals surface area (Å²) in [5.74, 6) is 0.160. The number of rotatable bonds is 0. The van der Waals surface area contributed by atoms with Gasteiger partial charge in [0, 0.05) is 5.56 Å². The van der Waals surface area contributed by atoms with E-state index in [1.165, 1.54) is 6.07 Å². The van der Waals surface area contributed by atoms with Crippen LogP contribution < -0.4 is 4.18 Å². The Morgan fingerprint density at radius 3 is 2.71 bits per heavy atom. The first-order valence-corrected chi connectivity index (χ1v) is 5.33. The predicted molar refractivity (Wildman–Crippen MR) is 50.1 cm³/mol. The molecule has 0 aromatic heterocycles. The lowest BCUT2D eigenvalue weighted by Crippen LogP contribution is -2.22. The van der Waals surface area contributed by atoms with Crippen LogP contribution in [0, 0.1) is 0 Å². The molecule has 74 valence electrons. The van der Waals surface area contributed by atoms with E-state index < -0.39 is 16.2 Å². The fourth-order valence-corrected chi connectivity index (χ4v) is 2.16. The molecule has 0 spiro atoms. The molecular weight excluding hydrogens is 204 g/mol. The zero-order chi connectivity index (χ0) is 10.3. The van der Waals surface area contributed by atoms with Gasteiger partial charge in [-0.1, -0.05) is 24.8 Å². The molecule has 1 N–H and O–H groups in total. The van der Waals surface area contributed by atoms with E-state index in [0.29, 0.717) is 5.56 Å². The van der Waals surface area contributed by atoms with Crippen LogP contribution in [-0.2, 0) is 10.1 Å². The molecule has 0 saturated heterocycles. The van der Waals surface area contributed by atoms with Crippen molar-refractivity contribution in [3.8, 4) is 5.75 Å². The van der Waals surface area contributed by atoms with Crippen molar-refractivity contribution in [1.82, 2.24) is 0 Å². The molecule has 1 atom stereocenters. The van der Waals surface area contributed by atoms with Gasteiger partial charge in [0.05, 0.1) is 0 Å². The van der Waals surface area contributed by atoms with Crippen molar-refractivity contribution in [1.29, 1.82) is 0 Å². The molecule has 0 amide bonds. The van der Waals surface area contributed by atoms with Gasteiger partial charge in [0.15, 0.2) is 0 Å². The molecule has 1 aromatic rings. The Morgan fingerprint density at radius 2 is 2.00 bits per heavy atom. The normalized spacial score (nSPS) is 23.8. The molecule has 0 saturated carbocycles. The number of hydrogen-bond donors (Lipinski definition) is 1. The molecule has 1 aromatic carbocycles. The van der Waals surface area contributed by atoms with Crippen LogP contribution in [0.1, 0.15) is 11.7 Å². The van der Waals surface area contributed by atoms with E-state index >= 15 is 0 Å². The lowest BCUT2D eigenvalue weighted by atomic mass is 10.1. The van der Waals surface area contributed by atoms with Gasteiger partial charge in [0.2, 0.25) is 0 Å². The number of hydrogen-bond acceptors (Lipinski definition) is 4. The summed E-state index contributed by atoms with van der Waals surface area (Å²) in [6, 6.07) is 6.41. The van der Waals surface area contributed by atoms with Gasteiger partial charge in [-0.15, -0.1) is 0 Å². The predicted octanol–water partition coefficient (Wildman–Crippen LogP) is 0.956. The first-order chi connectivity index (χ1) is 6.52. The number of benzene rings is 1. The largest absolute Gasteiger partial charge is 0.383 e. The van der Waals surface area contributed by atoms with Crippen LogP contribution in [0.4, 0.5) is 0 Å². The molecule has 4 nitrogen and oxygen atoms in total. The maximum atomic E-state index is 11.3. The van der Waals surface area contributed by atoms with E-state index in [4.69, 9.17) is 4.18 Å². The van der Waals surface area contributed by atoms with Crippen LogP contribution in [0.15, 0.2) is 35.7 Å². The Morgan fingerprint density at radius 1 is 1.36 bits per heavy atom. The van der Waals surface area contributed by atoms with Gasteiger partial charge in [-0.25, -0.2) is 0 Å². The SMILES string of the molecule is C=C1C(O)c2ccccc2OS1(=O)=O. The molecule has 2 rings (SSSR count). The van der Waals surface area contributed by atoms with Crippen molar-refractivity contribution in [2.75, 3.05) is 0 Å². The van der Waals surface area contributed by atoms with E-state index in [-0.39, 0.29) is 10.7 Å². The van der Waals surface area contributed by atoms with E-state index in [1.807, 2.05) is 0 Å². The van der Waals surface area contributed by atoms with E-state index in [2.05, 4.69) is 6.58 Å². The van der Waals surface area contributed by atoms with Crippen LogP contribution in [-0.4, -0.2) is 13.5 Å². The summed E-state index contributed by atoms with van der Waals surface area (Å²) in [4.78, 5) is -0.323. The van der Waals surface area contributed by atoms with Crippen LogP contribution in [0.25, 0.3) is 0 Å². The molecule has 1 heterocycles. The number of aliphatic hydroxyl groups excluding tert-OH is 1. The van der Waals surface area contributed by atoms with Crippen LogP contribution in [0.2, 0.25) is 0 Å². The highest BCUT2D eigenvalue weighted by Gasteiger charge is 2.33. The van der Waals surface area contributed by atoms with Gasteiger partial charge in [-0.05, 0) is 6.07 Å². The summed E-state index contributed by atoms with van der Waals surface area (Å²) in [5.41, 5.74) is 0.423. The van der Waals surface area contributed by atoms with Crippen LogP contribution >= 0.6 is 0 Å². The average molecular weight is 212 g/mol. The standard InChI is InChI=1S/C9H8O4S/c1-6-9(10)7-4-2-3-5-8(7)13-14(6,11)12/h2-5,9-10H,1H2. The first-order valence-electron chi connectivity index (χ1n) is 3.92. The van der Waals surface area contributed by atoms with Crippen molar-refractivity contribution in [2.45, 2.75) is 6.10 Å². The van der Waals surface area contributed by atoms with Crippen molar-refractivity contribution < 1.29 is 17.7 Å². The molecule has 0 fully saturated rings. The van der Waals surface area contributed by atoms with Gasteiger partial charge >= 0.3 is 10.1 Å². The third-order valence-electron chi connectivity index (χ3n) is 2.04. The van der Waals surface area contributed by atoms with E-state index in [9.17, 15) is 13.5 Å². The van der Waals surface area contributed by atoms with Gasteiger partial charge in [0.1, 0.15) is 16.8 Å². The summed E-state index contributed by atoms with van der Waals surface area (Å²) in [5, 5.41) is 9.61. The van der Waals surface area contributed by atoms with Gasteiger partial charge in [-0.3, -0.25) is 0 Å². The lowest BCUT2D eigenvalue weighted by molar-refractivity contribution is 0.214. The zero-order valence-electron chi connectivity index (χ0n) is 7.17. The fourth-order valence-electron chi connectivity index (χ4n) is 1.26. The summed E-state index contributed by atoms with van der Waals surface area (Å²) in [6.07, 6.45) is -1.20. The van der Waals surface area contributed by atoms with Crippen molar-refractivity contribution >= 4 is 10.1 Å². The fraction of sp³-hybridized carbons (Fsp3) is 0.111. The Labute approximate surface area is 81.6 Å². The highest BCUT2D eigenvalue weighted by Crippen LogP contribution is 2.37. The zero-order valence-corrected chi connectivity index (χ0v) is 7.99. The maximum absolute atomic E-state index is 11.3. The van der Waals surface area contributed by atoms with Gasteiger partial charge in [-0.2, -0.15) is 8.42 Å². The maximum Gasteiger partial charge on any atom is 0.337 e. The molecule has 0 aliphatic carbocycles. The molecule has 14 heavy (non-hydrogen) atoms. The monoisotopic (exact) mass is 212 g/mol. The number of fused-ring (bicyclic) bond motifs is 1. The Hall–Kier alpha value is -1.33. The third kappa shape index (κ3) is 1.21. The molecule has 0 radical (unpaired) electrons. The third-order valence-corrected chi connectivity index (χ3v) is 3.30. The summed E-state index contributed by atoms with van der Waals surface area (Å²) in [6.45, 7) is 3.28. The molecule has 1 aliphatic rings. The van der Waals surface area contributed by atoms with Crippen molar-refractivity contribution in [3.63, 3.8) is 0 Å². The van der Waals surface area contributed by atoms with Crippen molar-refractivity contribution in [3.05, 3.63) is 41.3 Å². The van der Waals surface area contributed by atoms with Gasteiger partial charge < -0.3 is 9.29 Å². The Balaban J connectivity index is 2.65. The smallest absolute Gasteiger partial charge is 0.337 e. The van der Waals surface area contributed by atoms with Crippen molar-refractivity contribution in [2.24, 2.45) is 0 Å². The number of aliphatic hydroxyl groups is 1. The number of para-hydroxylation sites is 1. The highest BCUT2D eigenvalue weighted by molar-refractivity contribution is 7.91. The summed E-state index contributed by atoms with van der Waals surface area (Å²) >= 11 is 0. The quantitative estimate of drug-likeness (QED) is 0.650. The molecule has 5 heteroatoms. The Kier molecular flexibility index (Phi) is 1.87. The van der Waals surface area contributed by atoms with Gasteiger partial charge in [0.25, 0.3) is 0 Å². The second kappa shape index (κ2) is 2.83. The first kappa shape index (κ1) is 9.23. The lowest BCUT2D eigenvalue weighted by Gasteiger charge is -2.22. The van der Waals surface area contributed by atoms with Crippen LogP contribution in [0.3, 0.4) is 0 Å². The summed E-state index contributed by atoms with van der Waals surface area (Å²) in [7, 11) is -3.87. The molecular formula is C9H8O4S.